The molecular weight excluding hydrogens is 404 g/mol. The second-order valence-electron chi connectivity index (χ2n) is 8.70. The molecule has 160 valence electrons. The van der Waals surface area contributed by atoms with E-state index in [2.05, 4.69) is 30.9 Å². The first kappa shape index (κ1) is 20.0. The van der Waals surface area contributed by atoms with E-state index in [1.165, 1.54) is 17.7 Å². The van der Waals surface area contributed by atoms with E-state index in [0.29, 0.717) is 23.4 Å². The monoisotopic (exact) mass is 426 g/mol. The fourth-order valence-electron chi connectivity index (χ4n) is 4.79. The maximum absolute atomic E-state index is 11.2. The highest BCUT2D eigenvalue weighted by atomic mass is 16.6. The summed E-state index contributed by atoms with van der Waals surface area (Å²) in [7, 11) is 0. The normalized spacial score (nSPS) is 19.9. The molecule has 0 fully saturated rings. The number of nitro benzene ring substituents is 1. The number of ether oxygens (including phenoxy) is 1. The summed E-state index contributed by atoms with van der Waals surface area (Å²) in [6.07, 6.45) is 4.77. The summed E-state index contributed by atoms with van der Waals surface area (Å²) in [5, 5.41) is 11.2. The van der Waals surface area contributed by atoms with Gasteiger partial charge in [-0.15, -0.1) is 0 Å². The number of carbonyl (C=O) groups is 1. The van der Waals surface area contributed by atoms with Crippen LogP contribution in [-0.4, -0.2) is 16.9 Å². The first-order chi connectivity index (χ1) is 15.4. The van der Waals surface area contributed by atoms with E-state index < -0.39 is 16.1 Å². The summed E-state index contributed by atoms with van der Waals surface area (Å²) in [6.45, 7) is 4.89. The van der Waals surface area contributed by atoms with Gasteiger partial charge in [-0.25, -0.2) is 0 Å². The molecule has 1 spiro atoms. The molecule has 1 unspecified atom stereocenters. The van der Waals surface area contributed by atoms with E-state index in [9.17, 15) is 14.9 Å². The largest absolute Gasteiger partial charge is 0.463 e. The minimum atomic E-state index is -0.816. The van der Waals surface area contributed by atoms with Gasteiger partial charge in [0.2, 0.25) is 5.72 Å². The molecule has 0 amide bonds. The van der Waals surface area contributed by atoms with Gasteiger partial charge in [-0.2, -0.15) is 0 Å². The van der Waals surface area contributed by atoms with Crippen LogP contribution in [0.4, 0.5) is 11.4 Å². The Bertz CT molecular complexity index is 1260. The zero-order chi connectivity index (χ0) is 22.5. The van der Waals surface area contributed by atoms with Crippen molar-refractivity contribution < 1.29 is 14.5 Å². The zero-order valence-corrected chi connectivity index (χ0v) is 17.8. The number of carbonyl (C=O) groups excluding carboxylic acids is 1. The SMILES string of the molecule is CC1(C)c2ccccc2N(Cc2ccc(C=O)cc2)C12C=Cc1cc([N+](=O)[O-])ccc1O2. The van der Waals surface area contributed by atoms with Crippen molar-refractivity contribution >= 4 is 23.7 Å². The van der Waals surface area contributed by atoms with Crippen molar-refractivity contribution in [2.45, 2.75) is 31.5 Å². The summed E-state index contributed by atoms with van der Waals surface area (Å²) in [4.78, 5) is 24.1. The minimum absolute atomic E-state index is 0.0361. The van der Waals surface area contributed by atoms with Crippen LogP contribution >= 0.6 is 0 Å². The Balaban J connectivity index is 1.62. The number of hydrogen-bond acceptors (Lipinski definition) is 5. The molecule has 5 rings (SSSR count). The number of para-hydroxylation sites is 1. The number of fused-ring (bicyclic) bond motifs is 2. The van der Waals surface area contributed by atoms with Crippen LogP contribution in [0.5, 0.6) is 5.75 Å². The number of non-ortho nitro benzene ring substituents is 1. The second kappa shape index (κ2) is 7.05. The van der Waals surface area contributed by atoms with Gasteiger partial charge >= 0.3 is 0 Å². The topological polar surface area (TPSA) is 72.7 Å². The lowest BCUT2D eigenvalue weighted by atomic mass is 9.76. The number of anilines is 1. The fourth-order valence-corrected chi connectivity index (χ4v) is 4.79. The summed E-state index contributed by atoms with van der Waals surface area (Å²) in [5.74, 6) is 0.611. The molecule has 3 aromatic rings. The molecule has 2 aliphatic heterocycles. The van der Waals surface area contributed by atoms with Crippen LogP contribution in [0.25, 0.3) is 6.08 Å². The van der Waals surface area contributed by atoms with E-state index >= 15 is 0 Å². The van der Waals surface area contributed by atoms with Gasteiger partial charge in [0.05, 0.1) is 10.3 Å². The summed E-state index contributed by atoms with van der Waals surface area (Å²) in [6, 6.07) is 20.5. The Morgan fingerprint density at radius 1 is 1.06 bits per heavy atom. The van der Waals surface area contributed by atoms with Crippen LogP contribution in [0, 0.1) is 10.1 Å². The van der Waals surface area contributed by atoms with Gasteiger partial charge in [-0.3, -0.25) is 14.9 Å². The zero-order valence-electron chi connectivity index (χ0n) is 17.8. The van der Waals surface area contributed by atoms with E-state index in [0.717, 1.165) is 17.5 Å². The average molecular weight is 426 g/mol. The van der Waals surface area contributed by atoms with Crippen LogP contribution in [0.1, 0.15) is 40.9 Å². The smallest absolute Gasteiger partial charge is 0.270 e. The number of benzene rings is 3. The quantitative estimate of drug-likeness (QED) is 0.313. The molecule has 6 heteroatoms. The Hall–Kier alpha value is -3.93. The lowest BCUT2D eigenvalue weighted by molar-refractivity contribution is -0.384. The van der Waals surface area contributed by atoms with Crippen molar-refractivity contribution in [1.82, 2.24) is 0 Å². The lowest BCUT2D eigenvalue weighted by Crippen LogP contribution is -2.59. The molecule has 0 aliphatic carbocycles. The van der Waals surface area contributed by atoms with Crippen LogP contribution in [-0.2, 0) is 12.0 Å². The third-order valence-corrected chi connectivity index (χ3v) is 6.58. The Kier molecular flexibility index (Phi) is 4.41. The highest BCUT2D eigenvalue weighted by Crippen LogP contribution is 2.55. The Labute approximate surface area is 185 Å². The van der Waals surface area contributed by atoms with E-state index in [1.54, 1.807) is 6.07 Å². The van der Waals surface area contributed by atoms with Crippen LogP contribution in [0.15, 0.2) is 72.8 Å². The molecule has 0 aromatic heterocycles. The molecule has 0 N–H and O–H groups in total. The molecule has 0 saturated carbocycles. The molecule has 0 saturated heterocycles. The second-order valence-corrected chi connectivity index (χ2v) is 8.70. The Morgan fingerprint density at radius 2 is 1.81 bits per heavy atom. The van der Waals surface area contributed by atoms with Gasteiger partial charge in [-0.1, -0.05) is 42.5 Å². The molecule has 6 nitrogen and oxygen atoms in total. The summed E-state index contributed by atoms with van der Waals surface area (Å²) in [5.41, 5.74) is 3.43. The maximum Gasteiger partial charge on any atom is 0.270 e. The standard InChI is InChI=1S/C26H22N2O4/c1-25(2)22-5-3-4-6-23(22)27(16-18-7-9-19(17-29)10-8-18)26(25)14-13-20-15-21(28(30)31)11-12-24(20)32-26/h3-15,17H,16H2,1-2H3. The van der Waals surface area contributed by atoms with Crippen molar-refractivity contribution in [1.29, 1.82) is 0 Å². The van der Waals surface area contributed by atoms with Gasteiger partial charge in [0.1, 0.15) is 12.0 Å². The van der Waals surface area contributed by atoms with Crippen LogP contribution in [0.2, 0.25) is 0 Å². The third kappa shape index (κ3) is 2.83. The Morgan fingerprint density at radius 3 is 2.53 bits per heavy atom. The predicted molar refractivity (Wildman–Crippen MR) is 123 cm³/mol. The summed E-state index contributed by atoms with van der Waals surface area (Å²) >= 11 is 0. The number of nitrogens with zero attached hydrogens (tertiary/aromatic N) is 2. The molecule has 0 radical (unpaired) electrons. The van der Waals surface area contributed by atoms with Crippen molar-refractivity contribution in [3.8, 4) is 5.75 Å². The van der Waals surface area contributed by atoms with Gasteiger partial charge in [0.25, 0.3) is 5.69 Å². The number of hydrogen-bond donors (Lipinski definition) is 0. The molecular formula is C26H22N2O4. The van der Waals surface area contributed by atoms with E-state index in [1.807, 2.05) is 48.6 Å². The number of aldehydes is 1. The van der Waals surface area contributed by atoms with E-state index in [4.69, 9.17) is 4.74 Å². The average Bonchev–Trinajstić information content (AvgIpc) is 2.98. The first-order valence-electron chi connectivity index (χ1n) is 10.4. The van der Waals surface area contributed by atoms with Gasteiger partial charge < -0.3 is 9.64 Å². The van der Waals surface area contributed by atoms with Crippen molar-refractivity contribution in [3.63, 3.8) is 0 Å². The van der Waals surface area contributed by atoms with Crippen LogP contribution < -0.4 is 9.64 Å². The van der Waals surface area contributed by atoms with Crippen molar-refractivity contribution in [3.05, 3.63) is 105 Å². The maximum atomic E-state index is 11.2. The lowest BCUT2D eigenvalue weighted by Gasteiger charge is -2.47. The van der Waals surface area contributed by atoms with Crippen LogP contribution in [0.3, 0.4) is 0 Å². The highest BCUT2D eigenvalue weighted by molar-refractivity contribution is 5.75. The van der Waals surface area contributed by atoms with Gasteiger partial charge in [0, 0.05) is 35.5 Å². The highest BCUT2D eigenvalue weighted by Gasteiger charge is 2.58. The number of rotatable bonds is 4. The van der Waals surface area contributed by atoms with Gasteiger partial charge in [-0.05, 0) is 49.3 Å². The molecule has 32 heavy (non-hydrogen) atoms. The van der Waals surface area contributed by atoms with E-state index in [-0.39, 0.29) is 5.69 Å². The van der Waals surface area contributed by atoms with Crippen molar-refractivity contribution in [2.75, 3.05) is 4.90 Å². The molecule has 1 atom stereocenters. The minimum Gasteiger partial charge on any atom is -0.463 e. The molecule has 3 aromatic carbocycles. The van der Waals surface area contributed by atoms with Gasteiger partial charge in [0.15, 0.2) is 0 Å². The summed E-state index contributed by atoms with van der Waals surface area (Å²) < 4.78 is 6.70. The number of nitro groups is 1. The first-order valence-corrected chi connectivity index (χ1v) is 10.4. The molecule has 2 heterocycles. The fraction of sp³-hybridized carbons (Fsp3) is 0.192. The molecule has 0 bridgehead atoms. The van der Waals surface area contributed by atoms with Crippen molar-refractivity contribution in [2.24, 2.45) is 0 Å². The molecule has 2 aliphatic rings. The third-order valence-electron chi connectivity index (χ3n) is 6.58. The predicted octanol–water partition coefficient (Wildman–Crippen LogP) is 5.51.